The van der Waals surface area contributed by atoms with E-state index in [2.05, 4.69) is 15.5 Å². The van der Waals surface area contributed by atoms with Crippen LogP contribution in [0.4, 0.5) is 4.39 Å². The second-order valence-corrected chi connectivity index (χ2v) is 3.61. The minimum absolute atomic E-state index is 0.0832. The van der Waals surface area contributed by atoms with Crippen LogP contribution in [-0.2, 0) is 13.1 Å². The van der Waals surface area contributed by atoms with Gasteiger partial charge in [0.25, 0.3) is 0 Å². The van der Waals surface area contributed by atoms with Crippen molar-refractivity contribution in [3.63, 3.8) is 0 Å². The number of hydrogen-bond acceptors (Lipinski definition) is 4. The first-order valence-corrected chi connectivity index (χ1v) is 4.97. The molecule has 0 saturated carbocycles. The maximum atomic E-state index is 12.9. The van der Waals surface area contributed by atoms with Crippen LogP contribution < -0.4 is 5.73 Å². The minimum Gasteiger partial charge on any atom is -0.324 e. The predicted octanol–water partition coefficient (Wildman–Crippen LogP) is 0.973. The molecular formula is C9H9ClFN5. The van der Waals surface area contributed by atoms with E-state index < -0.39 is 5.82 Å². The fourth-order valence-corrected chi connectivity index (χ4v) is 1.51. The molecule has 0 atom stereocenters. The molecule has 0 amide bonds. The standard InChI is InChI=1S/C9H9ClFN5/c10-7-3-6(1-2-8(7)11)5-16-9(4-12)13-14-15-16/h1-3H,4-5,12H2. The quantitative estimate of drug-likeness (QED) is 0.870. The zero-order valence-electron chi connectivity index (χ0n) is 8.27. The van der Waals surface area contributed by atoms with Crippen LogP contribution in [0.15, 0.2) is 18.2 Å². The van der Waals surface area contributed by atoms with Crippen molar-refractivity contribution >= 4 is 11.6 Å². The number of aromatic nitrogens is 4. The molecule has 1 aromatic heterocycles. The first-order chi connectivity index (χ1) is 7.70. The summed E-state index contributed by atoms with van der Waals surface area (Å²) in [5.41, 5.74) is 6.27. The van der Waals surface area contributed by atoms with Crippen LogP contribution in [0, 0.1) is 5.82 Å². The summed E-state index contributed by atoms with van der Waals surface area (Å²) >= 11 is 5.67. The second kappa shape index (κ2) is 4.54. The van der Waals surface area contributed by atoms with Crippen molar-refractivity contribution in [2.24, 2.45) is 5.73 Å². The molecule has 0 fully saturated rings. The summed E-state index contributed by atoms with van der Waals surface area (Å²) in [5.74, 6) is 0.127. The molecule has 0 aliphatic carbocycles. The summed E-state index contributed by atoms with van der Waals surface area (Å²) in [6.07, 6.45) is 0. The van der Waals surface area contributed by atoms with Crippen LogP contribution in [0.25, 0.3) is 0 Å². The third-order valence-corrected chi connectivity index (χ3v) is 2.39. The SMILES string of the molecule is NCc1nnnn1Cc1ccc(F)c(Cl)c1. The van der Waals surface area contributed by atoms with Gasteiger partial charge in [-0.15, -0.1) is 5.10 Å². The molecule has 16 heavy (non-hydrogen) atoms. The maximum absolute atomic E-state index is 12.9. The molecule has 2 rings (SSSR count). The lowest BCUT2D eigenvalue weighted by Crippen LogP contribution is -2.10. The van der Waals surface area contributed by atoms with Crippen molar-refractivity contribution in [3.05, 3.63) is 40.4 Å². The van der Waals surface area contributed by atoms with Gasteiger partial charge in [-0.05, 0) is 28.1 Å². The summed E-state index contributed by atoms with van der Waals surface area (Å²) in [4.78, 5) is 0. The lowest BCUT2D eigenvalue weighted by molar-refractivity contribution is 0.610. The van der Waals surface area contributed by atoms with E-state index in [1.54, 1.807) is 16.8 Å². The second-order valence-electron chi connectivity index (χ2n) is 3.21. The van der Waals surface area contributed by atoms with E-state index in [-0.39, 0.29) is 11.6 Å². The van der Waals surface area contributed by atoms with Crippen molar-refractivity contribution in [1.82, 2.24) is 20.2 Å². The van der Waals surface area contributed by atoms with Crippen LogP contribution >= 0.6 is 11.6 Å². The van der Waals surface area contributed by atoms with Crippen LogP contribution in [-0.4, -0.2) is 20.2 Å². The van der Waals surface area contributed by atoms with E-state index in [9.17, 15) is 4.39 Å². The zero-order valence-corrected chi connectivity index (χ0v) is 9.02. The van der Waals surface area contributed by atoms with Crippen molar-refractivity contribution < 1.29 is 4.39 Å². The third kappa shape index (κ3) is 2.17. The molecule has 1 heterocycles. The predicted molar refractivity (Wildman–Crippen MR) is 56.2 cm³/mol. The van der Waals surface area contributed by atoms with Gasteiger partial charge in [-0.2, -0.15) is 0 Å². The van der Waals surface area contributed by atoms with E-state index in [1.165, 1.54) is 6.07 Å². The van der Waals surface area contributed by atoms with Crippen molar-refractivity contribution in [2.75, 3.05) is 0 Å². The Hall–Kier alpha value is -1.53. The Morgan fingerprint density at radius 1 is 1.44 bits per heavy atom. The Labute approximate surface area is 96.0 Å². The third-order valence-electron chi connectivity index (χ3n) is 2.10. The Morgan fingerprint density at radius 3 is 2.94 bits per heavy atom. The van der Waals surface area contributed by atoms with Gasteiger partial charge in [-0.25, -0.2) is 9.07 Å². The summed E-state index contributed by atoms with van der Waals surface area (Å²) in [6, 6.07) is 4.48. The highest BCUT2D eigenvalue weighted by Gasteiger charge is 2.06. The van der Waals surface area contributed by atoms with Crippen molar-refractivity contribution in [3.8, 4) is 0 Å². The molecule has 0 saturated heterocycles. The average Bonchev–Trinajstić information content (AvgIpc) is 2.71. The van der Waals surface area contributed by atoms with Crippen LogP contribution in [0.3, 0.4) is 0 Å². The van der Waals surface area contributed by atoms with Gasteiger partial charge in [0, 0.05) is 0 Å². The highest BCUT2D eigenvalue weighted by atomic mass is 35.5. The van der Waals surface area contributed by atoms with Crippen molar-refractivity contribution in [2.45, 2.75) is 13.1 Å². The van der Waals surface area contributed by atoms with Gasteiger partial charge < -0.3 is 5.73 Å². The van der Waals surface area contributed by atoms with E-state index >= 15 is 0 Å². The van der Waals surface area contributed by atoms with E-state index in [0.717, 1.165) is 5.56 Å². The first-order valence-electron chi connectivity index (χ1n) is 4.59. The van der Waals surface area contributed by atoms with E-state index in [1.807, 2.05) is 0 Å². The number of nitrogens with two attached hydrogens (primary N) is 1. The smallest absolute Gasteiger partial charge is 0.165 e. The largest absolute Gasteiger partial charge is 0.324 e. The molecule has 1 aromatic carbocycles. The monoisotopic (exact) mass is 241 g/mol. The molecule has 2 N–H and O–H groups in total. The molecule has 0 radical (unpaired) electrons. The Balaban J connectivity index is 2.24. The van der Waals surface area contributed by atoms with Crippen LogP contribution in [0.1, 0.15) is 11.4 Å². The summed E-state index contributed by atoms with van der Waals surface area (Å²) in [7, 11) is 0. The molecule has 0 aliphatic heterocycles. The minimum atomic E-state index is -0.443. The summed E-state index contributed by atoms with van der Waals surface area (Å²) in [5, 5.41) is 11.1. The lowest BCUT2D eigenvalue weighted by atomic mass is 10.2. The molecule has 0 aliphatic rings. The summed E-state index contributed by atoms with van der Waals surface area (Å²) < 4.78 is 14.5. The highest BCUT2D eigenvalue weighted by Crippen LogP contribution is 2.16. The Bertz CT molecular complexity index is 498. The lowest BCUT2D eigenvalue weighted by Gasteiger charge is -2.04. The number of benzene rings is 1. The molecule has 5 nitrogen and oxygen atoms in total. The fourth-order valence-electron chi connectivity index (χ4n) is 1.30. The number of rotatable bonds is 3. The van der Waals surface area contributed by atoms with Gasteiger partial charge in [-0.3, -0.25) is 0 Å². The molecule has 7 heteroatoms. The van der Waals surface area contributed by atoms with Gasteiger partial charge in [0.2, 0.25) is 0 Å². The maximum Gasteiger partial charge on any atom is 0.165 e. The van der Waals surface area contributed by atoms with Gasteiger partial charge in [0.05, 0.1) is 18.1 Å². The number of tetrazole rings is 1. The topological polar surface area (TPSA) is 69.6 Å². The number of hydrogen-bond donors (Lipinski definition) is 1. The van der Waals surface area contributed by atoms with Crippen molar-refractivity contribution in [1.29, 1.82) is 0 Å². The highest BCUT2D eigenvalue weighted by molar-refractivity contribution is 6.30. The van der Waals surface area contributed by atoms with Gasteiger partial charge >= 0.3 is 0 Å². The fraction of sp³-hybridized carbons (Fsp3) is 0.222. The molecule has 84 valence electrons. The van der Waals surface area contributed by atoms with Crippen LogP contribution in [0.5, 0.6) is 0 Å². The Kier molecular flexibility index (Phi) is 3.12. The molecular weight excluding hydrogens is 233 g/mol. The van der Waals surface area contributed by atoms with Gasteiger partial charge in [0.15, 0.2) is 5.82 Å². The Morgan fingerprint density at radius 2 is 2.25 bits per heavy atom. The molecule has 0 spiro atoms. The molecule has 2 aromatic rings. The first kappa shape index (κ1) is 11.0. The zero-order chi connectivity index (χ0) is 11.5. The molecule has 0 unspecified atom stereocenters. The normalized spacial score (nSPS) is 10.7. The molecule has 0 bridgehead atoms. The van der Waals surface area contributed by atoms with E-state index in [0.29, 0.717) is 12.4 Å². The van der Waals surface area contributed by atoms with Gasteiger partial charge in [0.1, 0.15) is 5.82 Å². The summed E-state index contributed by atoms with van der Waals surface area (Å²) in [6.45, 7) is 0.668. The average molecular weight is 242 g/mol. The van der Waals surface area contributed by atoms with Gasteiger partial charge in [-0.1, -0.05) is 17.7 Å². The number of halogens is 2. The van der Waals surface area contributed by atoms with Crippen LogP contribution in [0.2, 0.25) is 5.02 Å². The number of nitrogens with zero attached hydrogens (tertiary/aromatic N) is 4. The van der Waals surface area contributed by atoms with E-state index in [4.69, 9.17) is 17.3 Å².